The summed E-state index contributed by atoms with van der Waals surface area (Å²) in [4.78, 5) is 27.5. The van der Waals surface area contributed by atoms with Gasteiger partial charge in [0.1, 0.15) is 5.69 Å². The first-order chi connectivity index (χ1) is 13.0. The summed E-state index contributed by atoms with van der Waals surface area (Å²) in [6.45, 7) is 5.54. The Balaban J connectivity index is 1.44. The Kier molecular flexibility index (Phi) is 4.54. The van der Waals surface area contributed by atoms with Crippen molar-refractivity contribution in [2.24, 2.45) is 0 Å². The minimum absolute atomic E-state index is 0.0772. The predicted molar refractivity (Wildman–Crippen MR) is 105 cm³/mol. The third kappa shape index (κ3) is 3.27. The van der Waals surface area contributed by atoms with Crippen LogP contribution in [0.3, 0.4) is 0 Å². The zero-order valence-electron chi connectivity index (χ0n) is 16.0. The van der Waals surface area contributed by atoms with E-state index in [1.807, 2.05) is 58.1 Å². The second-order valence-corrected chi connectivity index (χ2v) is 8.12. The maximum absolute atomic E-state index is 13.0. The van der Waals surface area contributed by atoms with Crippen molar-refractivity contribution in [3.63, 3.8) is 0 Å². The van der Waals surface area contributed by atoms with Crippen molar-refractivity contribution in [3.05, 3.63) is 59.9 Å². The molecule has 3 heterocycles. The number of carbonyl (C=O) groups is 2. The fraction of sp³-hybridized carbons (Fsp3) is 0.455. The Bertz CT molecular complexity index is 832. The summed E-state index contributed by atoms with van der Waals surface area (Å²) in [6, 6.07) is 14.1. The molecule has 1 aromatic heterocycles. The van der Waals surface area contributed by atoms with E-state index in [4.69, 9.17) is 0 Å². The highest BCUT2D eigenvalue weighted by Crippen LogP contribution is 2.39. The molecule has 2 fully saturated rings. The van der Waals surface area contributed by atoms with Crippen LogP contribution in [-0.2, 0) is 4.79 Å². The van der Waals surface area contributed by atoms with Crippen LogP contribution in [0.4, 0.5) is 0 Å². The van der Waals surface area contributed by atoms with Crippen LogP contribution in [0.5, 0.6) is 0 Å². The summed E-state index contributed by atoms with van der Waals surface area (Å²) in [6.07, 6.45) is 4.41. The molecule has 27 heavy (non-hydrogen) atoms. The average Bonchev–Trinajstić information content (AvgIpc) is 3.28. The largest absolute Gasteiger partial charge is 0.350 e. The van der Waals surface area contributed by atoms with Gasteiger partial charge in [0.05, 0.1) is 5.92 Å². The Morgan fingerprint density at radius 2 is 1.81 bits per heavy atom. The molecule has 1 N–H and O–H groups in total. The molecule has 2 saturated heterocycles. The molecule has 1 atom stereocenters. The number of aromatic nitrogens is 1. The van der Waals surface area contributed by atoms with E-state index in [2.05, 4.69) is 19.2 Å². The van der Waals surface area contributed by atoms with Gasteiger partial charge >= 0.3 is 0 Å². The molecule has 2 aromatic rings. The topological polar surface area (TPSA) is 54.3 Å². The lowest BCUT2D eigenvalue weighted by atomic mass is 9.82. The normalized spacial score (nSPS) is 21.7. The van der Waals surface area contributed by atoms with Crippen LogP contribution in [0.15, 0.2) is 48.7 Å². The molecule has 0 bridgehead atoms. The molecule has 1 unspecified atom stereocenters. The SMILES string of the molecule is CC(C)n1cccc1C(=O)N1CCC2(CC1)CC(c1ccccc1)C(=O)N2. The molecule has 2 aliphatic heterocycles. The van der Waals surface area contributed by atoms with Crippen LogP contribution < -0.4 is 5.32 Å². The van der Waals surface area contributed by atoms with E-state index in [1.165, 1.54) is 0 Å². The quantitative estimate of drug-likeness (QED) is 0.907. The van der Waals surface area contributed by atoms with E-state index in [1.54, 1.807) is 0 Å². The number of hydrogen-bond acceptors (Lipinski definition) is 2. The zero-order valence-corrected chi connectivity index (χ0v) is 16.0. The molecule has 142 valence electrons. The summed E-state index contributed by atoms with van der Waals surface area (Å²) < 4.78 is 2.02. The first-order valence-electron chi connectivity index (χ1n) is 9.82. The van der Waals surface area contributed by atoms with Crippen LogP contribution in [0.2, 0.25) is 0 Å². The molecular formula is C22H27N3O2. The van der Waals surface area contributed by atoms with Crippen molar-refractivity contribution in [1.82, 2.24) is 14.8 Å². The second kappa shape index (κ2) is 6.87. The van der Waals surface area contributed by atoms with Crippen LogP contribution in [0.25, 0.3) is 0 Å². The van der Waals surface area contributed by atoms with Crippen molar-refractivity contribution in [2.75, 3.05) is 13.1 Å². The van der Waals surface area contributed by atoms with Crippen molar-refractivity contribution in [1.29, 1.82) is 0 Å². The standard InChI is InChI=1S/C22H27N3O2/c1-16(2)25-12-6-9-19(25)21(27)24-13-10-22(11-14-24)15-18(20(26)23-22)17-7-4-3-5-8-17/h3-9,12,16,18H,10-11,13-15H2,1-2H3,(H,23,26). The van der Waals surface area contributed by atoms with E-state index in [9.17, 15) is 9.59 Å². The molecule has 0 saturated carbocycles. The smallest absolute Gasteiger partial charge is 0.270 e. The third-order valence-electron chi connectivity index (χ3n) is 6.06. The summed E-state index contributed by atoms with van der Waals surface area (Å²) in [7, 11) is 0. The number of amides is 2. The number of nitrogens with zero attached hydrogens (tertiary/aromatic N) is 2. The number of rotatable bonds is 3. The molecule has 1 spiro atoms. The van der Waals surface area contributed by atoms with Gasteiger partial charge in [0, 0.05) is 30.9 Å². The van der Waals surface area contributed by atoms with Gasteiger partial charge in [0.15, 0.2) is 0 Å². The molecule has 5 heteroatoms. The molecule has 2 amide bonds. The van der Waals surface area contributed by atoms with E-state index in [0.29, 0.717) is 13.1 Å². The van der Waals surface area contributed by atoms with Crippen LogP contribution in [-0.4, -0.2) is 39.9 Å². The molecular weight excluding hydrogens is 338 g/mol. The highest BCUT2D eigenvalue weighted by atomic mass is 16.2. The maximum atomic E-state index is 13.0. The summed E-state index contributed by atoms with van der Waals surface area (Å²) >= 11 is 0. The summed E-state index contributed by atoms with van der Waals surface area (Å²) in [5.74, 6) is 0.133. The third-order valence-corrected chi connectivity index (χ3v) is 6.06. The van der Waals surface area contributed by atoms with E-state index >= 15 is 0 Å². The highest BCUT2D eigenvalue weighted by Gasteiger charge is 2.46. The van der Waals surface area contributed by atoms with E-state index < -0.39 is 0 Å². The average molecular weight is 365 g/mol. The van der Waals surface area contributed by atoms with Gasteiger partial charge in [-0.15, -0.1) is 0 Å². The number of nitrogens with one attached hydrogen (secondary N) is 1. The van der Waals surface area contributed by atoms with Crippen molar-refractivity contribution >= 4 is 11.8 Å². The molecule has 4 rings (SSSR count). The Labute approximate surface area is 160 Å². The lowest BCUT2D eigenvalue weighted by molar-refractivity contribution is -0.121. The van der Waals surface area contributed by atoms with Crippen molar-refractivity contribution in [3.8, 4) is 0 Å². The zero-order chi connectivity index (χ0) is 19.0. The maximum Gasteiger partial charge on any atom is 0.270 e. The molecule has 0 radical (unpaired) electrons. The minimum atomic E-state index is -0.172. The minimum Gasteiger partial charge on any atom is -0.350 e. The van der Waals surface area contributed by atoms with Gasteiger partial charge in [-0.3, -0.25) is 9.59 Å². The van der Waals surface area contributed by atoms with Gasteiger partial charge in [-0.1, -0.05) is 30.3 Å². The van der Waals surface area contributed by atoms with Gasteiger partial charge < -0.3 is 14.8 Å². The number of carbonyl (C=O) groups excluding carboxylic acids is 2. The lowest BCUT2D eigenvalue weighted by Crippen LogP contribution is -2.52. The van der Waals surface area contributed by atoms with E-state index in [0.717, 1.165) is 30.5 Å². The van der Waals surface area contributed by atoms with Crippen LogP contribution >= 0.6 is 0 Å². The van der Waals surface area contributed by atoms with Gasteiger partial charge in [0.25, 0.3) is 5.91 Å². The monoisotopic (exact) mass is 365 g/mol. The van der Waals surface area contributed by atoms with Crippen LogP contribution in [0.1, 0.15) is 61.1 Å². The highest BCUT2D eigenvalue weighted by molar-refractivity contribution is 5.93. The summed E-state index contributed by atoms with van der Waals surface area (Å²) in [5.41, 5.74) is 1.66. The fourth-order valence-corrected chi connectivity index (χ4v) is 4.49. The second-order valence-electron chi connectivity index (χ2n) is 8.12. The van der Waals surface area contributed by atoms with E-state index in [-0.39, 0.29) is 29.3 Å². The first-order valence-corrected chi connectivity index (χ1v) is 9.82. The van der Waals surface area contributed by atoms with Crippen LogP contribution in [0, 0.1) is 0 Å². The number of piperidine rings is 1. The van der Waals surface area contributed by atoms with Gasteiger partial charge in [-0.05, 0) is 50.8 Å². The Hall–Kier alpha value is -2.56. The lowest BCUT2D eigenvalue weighted by Gasteiger charge is -2.39. The Morgan fingerprint density at radius 1 is 1.11 bits per heavy atom. The molecule has 5 nitrogen and oxygen atoms in total. The predicted octanol–water partition coefficient (Wildman–Crippen LogP) is 3.35. The summed E-state index contributed by atoms with van der Waals surface area (Å²) in [5, 5.41) is 3.26. The number of benzene rings is 1. The van der Waals surface area contributed by atoms with Crippen molar-refractivity contribution < 1.29 is 9.59 Å². The van der Waals surface area contributed by atoms with Gasteiger partial charge in [0.2, 0.25) is 5.91 Å². The fourth-order valence-electron chi connectivity index (χ4n) is 4.49. The first kappa shape index (κ1) is 17.8. The Morgan fingerprint density at radius 3 is 2.48 bits per heavy atom. The number of likely N-dealkylation sites (tertiary alicyclic amines) is 1. The molecule has 0 aliphatic carbocycles. The van der Waals surface area contributed by atoms with Crippen molar-refractivity contribution in [2.45, 2.75) is 50.6 Å². The number of hydrogen-bond donors (Lipinski definition) is 1. The van der Waals surface area contributed by atoms with Gasteiger partial charge in [-0.2, -0.15) is 0 Å². The molecule has 1 aromatic carbocycles. The van der Waals surface area contributed by atoms with Gasteiger partial charge in [-0.25, -0.2) is 0 Å². The molecule has 2 aliphatic rings.